The summed E-state index contributed by atoms with van der Waals surface area (Å²) in [6.45, 7) is 3.83. The highest BCUT2D eigenvalue weighted by Crippen LogP contribution is 2.25. The molecule has 120 valence electrons. The van der Waals surface area contributed by atoms with Crippen LogP contribution in [0.15, 0.2) is 0 Å². The van der Waals surface area contributed by atoms with Gasteiger partial charge < -0.3 is 20.4 Å². The first-order valence-corrected chi connectivity index (χ1v) is 7.71. The number of carboxylic acid groups (broad SMARTS) is 1. The molecule has 0 radical (unpaired) electrons. The summed E-state index contributed by atoms with van der Waals surface area (Å²) < 4.78 is 0. The van der Waals surface area contributed by atoms with E-state index in [-0.39, 0.29) is 24.6 Å². The number of amides is 2. The number of rotatable bonds is 4. The quantitative estimate of drug-likeness (QED) is 0.677. The minimum absolute atomic E-state index is 0.0182. The van der Waals surface area contributed by atoms with Crippen molar-refractivity contribution in [3.63, 3.8) is 0 Å². The summed E-state index contributed by atoms with van der Waals surface area (Å²) in [7, 11) is 0. The lowest BCUT2D eigenvalue weighted by Crippen LogP contribution is -2.45. The Kier molecular flexibility index (Phi) is 5.81. The molecule has 2 rings (SSSR count). The largest absolute Gasteiger partial charge is 0.481 e. The van der Waals surface area contributed by atoms with Gasteiger partial charge in [-0.15, -0.1) is 0 Å². The smallest absolute Gasteiger partial charge is 0.317 e. The van der Waals surface area contributed by atoms with Gasteiger partial charge in [0.05, 0.1) is 12.5 Å². The van der Waals surface area contributed by atoms with E-state index in [1.165, 1.54) is 0 Å². The van der Waals surface area contributed by atoms with Gasteiger partial charge in [0, 0.05) is 32.2 Å². The van der Waals surface area contributed by atoms with E-state index in [0.29, 0.717) is 32.5 Å². The Hall–Kier alpha value is -1.34. The first-order valence-electron chi connectivity index (χ1n) is 7.71. The average Bonchev–Trinajstić information content (AvgIpc) is 2.78. The van der Waals surface area contributed by atoms with Crippen LogP contribution in [-0.4, -0.2) is 77.4 Å². The molecule has 0 aromatic rings. The molecule has 1 aliphatic heterocycles. The Morgan fingerprint density at radius 3 is 2.62 bits per heavy atom. The molecule has 1 heterocycles. The Balaban J connectivity index is 1.77. The molecule has 3 N–H and O–H groups in total. The molecule has 2 amide bonds. The van der Waals surface area contributed by atoms with Crippen molar-refractivity contribution in [3.8, 4) is 0 Å². The van der Waals surface area contributed by atoms with Crippen LogP contribution < -0.4 is 5.32 Å². The van der Waals surface area contributed by atoms with Crippen LogP contribution in [0.1, 0.15) is 25.7 Å². The van der Waals surface area contributed by atoms with E-state index in [4.69, 9.17) is 10.2 Å². The van der Waals surface area contributed by atoms with Crippen molar-refractivity contribution in [2.75, 3.05) is 39.3 Å². The maximum absolute atomic E-state index is 12.2. The summed E-state index contributed by atoms with van der Waals surface area (Å²) in [4.78, 5) is 27.1. The van der Waals surface area contributed by atoms with Crippen LogP contribution in [0, 0.1) is 5.92 Å². The molecule has 0 aromatic heterocycles. The maximum Gasteiger partial charge on any atom is 0.317 e. The minimum Gasteiger partial charge on any atom is -0.481 e. The summed E-state index contributed by atoms with van der Waals surface area (Å²) in [6.07, 6.45) is 2.82. The number of β-amino-alcohol motifs (C(OH)–C–C–N with tert-alkyl or cyclic N) is 1. The topological polar surface area (TPSA) is 93.1 Å². The highest BCUT2D eigenvalue weighted by molar-refractivity contribution is 5.75. The molecule has 0 bridgehead atoms. The van der Waals surface area contributed by atoms with E-state index in [1.54, 1.807) is 4.90 Å². The second kappa shape index (κ2) is 7.61. The first-order chi connectivity index (χ1) is 10.1. The van der Waals surface area contributed by atoms with Crippen molar-refractivity contribution in [2.24, 2.45) is 5.92 Å². The summed E-state index contributed by atoms with van der Waals surface area (Å²) >= 11 is 0. The molecule has 1 aliphatic carbocycles. The zero-order chi connectivity index (χ0) is 15.2. The van der Waals surface area contributed by atoms with E-state index >= 15 is 0 Å². The number of aliphatic hydroxyl groups excluding tert-OH is 1. The van der Waals surface area contributed by atoms with Crippen LogP contribution >= 0.6 is 0 Å². The van der Waals surface area contributed by atoms with Gasteiger partial charge in [-0.25, -0.2) is 4.79 Å². The number of aliphatic carboxylic acids is 1. The van der Waals surface area contributed by atoms with E-state index in [0.717, 1.165) is 25.9 Å². The minimum atomic E-state index is -0.763. The monoisotopic (exact) mass is 299 g/mol. The number of urea groups is 1. The van der Waals surface area contributed by atoms with Crippen molar-refractivity contribution in [3.05, 3.63) is 0 Å². The highest BCUT2D eigenvalue weighted by atomic mass is 16.4. The predicted octanol–water partition coefficient (Wildman–Crippen LogP) is -0.0507. The number of hydrogen-bond acceptors (Lipinski definition) is 4. The molecule has 21 heavy (non-hydrogen) atoms. The second-order valence-corrected chi connectivity index (χ2v) is 5.90. The van der Waals surface area contributed by atoms with E-state index in [2.05, 4.69) is 10.2 Å². The molecule has 1 saturated carbocycles. The van der Waals surface area contributed by atoms with Gasteiger partial charge in [0.15, 0.2) is 0 Å². The zero-order valence-electron chi connectivity index (χ0n) is 12.3. The van der Waals surface area contributed by atoms with E-state index in [9.17, 15) is 9.59 Å². The van der Waals surface area contributed by atoms with Gasteiger partial charge in [-0.05, 0) is 32.2 Å². The van der Waals surface area contributed by atoms with Crippen molar-refractivity contribution in [2.45, 2.75) is 31.7 Å². The predicted molar refractivity (Wildman–Crippen MR) is 77.0 cm³/mol. The Bertz CT molecular complexity index is 377. The standard InChI is InChI=1S/C14H25N3O4/c18-9-8-16-4-1-5-17(7-6-16)14(21)15-12-3-2-11(10-12)13(19)20/h11-12,18H,1-10H2,(H,15,21)(H,19,20)/t11-,12+/m1/s1. The molecule has 7 heteroatoms. The van der Waals surface area contributed by atoms with E-state index in [1.807, 2.05) is 0 Å². The molecule has 2 fully saturated rings. The maximum atomic E-state index is 12.2. The van der Waals surface area contributed by atoms with Crippen molar-refractivity contribution in [1.82, 2.24) is 15.1 Å². The van der Waals surface area contributed by atoms with Crippen molar-refractivity contribution < 1.29 is 19.8 Å². The average molecular weight is 299 g/mol. The van der Waals surface area contributed by atoms with Gasteiger partial charge in [-0.1, -0.05) is 0 Å². The van der Waals surface area contributed by atoms with Crippen LogP contribution in [0.5, 0.6) is 0 Å². The molecular weight excluding hydrogens is 274 g/mol. The fourth-order valence-corrected chi connectivity index (χ4v) is 3.14. The number of aliphatic hydroxyl groups is 1. The first kappa shape index (κ1) is 16.0. The molecule has 2 aliphatic rings. The fraction of sp³-hybridized carbons (Fsp3) is 0.857. The van der Waals surface area contributed by atoms with Gasteiger partial charge in [-0.3, -0.25) is 9.69 Å². The third kappa shape index (κ3) is 4.57. The zero-order valence-corrected chi connectivity index (χ0v) is 12.3. The van der Waals surface area contributed by atoms with Crippen LogP contribution in [0.4, 0.5) is 4.79 Å². The van der Waals surface area contributed by atoms with Crippen LogP contribution in [-0.2, 0) is 4.79 Å². The molecule has 0 unspecified atom stereocenters. The number of hydrogen-bond donors (Lipinski definition) is 3. The number of nitrogens with zero attached hydrogens (tertiary/aromatic N) is 2. The summed E-state index contributed by atoms with van der Waals surface area (Å²) in [6, 6.07) is -0.104. The van der Waals surface area contributed by atoms with E-state index < -0.39 is 5.97 Å². The lowest BCUT2D eigenvalue weighted by Gasteiger charge is -2.24. The molecule has 7 nitrogen and oxygen atoms in total. The van der Waals surface area contributed by atoms with Gasteiger partial charge in [0.2, 0.25) is 0 Å². The van der Waals surface area contributed by atoms with Crippen LogP contribution in [0.25, 0.3) is 0 Å². The third-order valence-electron chi connectivity index (χ3n) is 4.40. The molecule has 1 saturated heterocycles. The number of carbonyl (C=O) groups excluding carboxylic acids is 1. The molecule has 2 atom stereocenters. The van der Waals surface area contributed by atoms with Gasteiger partial charge in [0.25, 0.3) is 0 Å². The number of nitrogens with one attached hydrogen (secondary N) is 1. The highest BCUT2D eigenvalue weighted by Gasteiger charge is 2.31. The number of carbonyl (C=O) groups is 2. The molecule has 0 aromatic carbocycles. The summed E-state index contributed by atoms with van der Waals surface area (Å²) in [5.74, 6) is -1.08. The van der Waals surface area contributed by atoms with Gasteiger partial charge in [0.1, 0.15) is 0 Å². The lowest BCUT2D eigenvalue weighted by molar-refractivity contribution is -0.141. The normalized spacial score (nSPS) is 27.4. The summed E-state index contributed by atoms with van der Waals surface area (Å²) in [5, 5.41) is 20.9. The fourth-order valence-electron chi connectivity index (χ4n) is 3.14. The van der Waals surface area contributed by atoms with Crippen molar-refractivity contribution in [1.29, 1.82) is 0 Å². The lowest BCUT2D eigenvalue weighted by atomic mass is 10.1. The van der Waals surface area contributed by atoms with Gasteiger partial charge >= 0.3 is 12.0 Å². The SMILES string of the molecule is O=C(O)[C@@H]1CC[C@H](NC(=O)N2CCCN(CCO)CC2)C1. The summed E-state index contributed by atoms with van der Waals surface area (Å²) in [5.41, 5.74) is 0. The Labute approximate surface area is 124 Å². The Morgan fingerprint density at radius 1 is 1.14 bits per heavy atom. The molecule has 0 spiro atoms. The van der Waals surface area contributed by atoms with Gasteiger partial charge in [-0.2, -0.15) is 0 Å². The van der Waals surface area contributed by atoms with Crippen molar-refractivity contribution >= 4 is 12.0 Å². The number of carboxylic acids is 1. The van der Waals surface area contributed by atoms with Crippen LogP contribution in [0.2, 0.25) is 0 Å². The molecular formula is C14H25N3O4. The second-order valence-electron chi connectivity index (χ2n) is 5.90. The van der Waals surface area contributed by atoms with Crippen LogP contribution in [0.3, 0.4) is 0 Å². The Morgan fingerprint density at radius 2 is 1.95 bits per heavy atom. The third-order valence-corrected chi connectivity index (χ3v) is 4.40.